The van der Waals surface area contributed by atoms with Crippen molar-refractivity contribution in [1.29, 1.82) is 0 Å². The SMILES string of the molecule is CCCN(CCn1ccc(=O)c(OCc2ccccc2)c1C)C1CCc2c(cccc2OCc2ccccc2)C1. The Labute approximate surface area is 238 Å². The molecule has 3 aromatic carbocycles. The molecule has 40 heavy (non-hydrogen) atoms. The third-order valence-electron chi connectivity index (χ3n) is 7.92. The van der Waals surface area contributed by atoms with Crippen LogP contribution in [0.2, 0.25) is 0 Å². The summed E-state index contributed by atoms with van der Waals surface area (Å²) >= 11 is 0. The molecule has 1 aliphatic rings. The molecule has 1 aromatic heterocycles. The number of hydrogen-bond donors (Lipinski definition) is 0. The minimum Gasteiger partial charge on any atom is -0.489 e. The Kier molecular flexibility index (Phi) is 9.35. The van der Waals surface area contributed by atoms with Gasteiger partial charge in [-0.25, -0.2) is 0 Å². The molecule has 1 atom stereocenters. The van der Waals surface area contributed by atoms with E-state index in [1.165, 1.54) is 16.7 Å². The Morgan fingerprint density at radius 1 is 0.850 bits per heavy atom. The lowest BCUT2D eigenvalue weighted by Gasteiger charge is -2.36. The molecule has 0 N–H and O–H groups in total. The third kappa shape index (κ3) is 6.83. The molecule has 0 saturated carbocycles. The van der Waals surface area contributed by atoms with Gasteiger partial charge in [0.05, 0.1) is 5.69 Å². The Hall–Kier alpha value is -3.83. The molecule has 0 fully saturated rings. The highest BCUT2D eigenvalue weighted by atomic mass is 16.5. The highest BCUT2D eigenvalue weighted by Crippen LogP contribution is 2.32. The lowest BCUT2D eigenvalue weighted by atomic mass is 9.86. The van der Waals surface area contributed by atoms with Crippen LogP contribution >= 0.6 is 0 Å². The fourth-order valence-electron chi connectivity index (χ4n) is 5.74. The van der Waals surface area contributed by atoms with Crippen molar-refractivity contribution in [3.8, 4) is 11.5 Å². The number of ether oxygens (including phenoxy) is 2. The number of benzene rings is 3. The number of aromatic nitrogens is 1. The van der Waals surface area contributed by atoms with Crippen molar-refractivity contribution < 1.29 is 9.47 Å². The van der Waals surface area contributed by atoms with Crippen LogP contribution in [0.15, 0.2) is 95.9 Å². The summed E-state index contributed by atoms with van der Waals surface area (Å²) in [5, 5.41) is 0. The number of hydrogen-bond acceptors (Lipinski definition) is 4. The number of rotatable bonds is 12. The van der Waals surface area contributed by atoms with Crippen molar-refractivity contribution in [2.24, 2.45) is 0 Å². The van der Waals surface area contributed by atoms with Gasteiger partial charge in [-0.05, 0) is 67.5 Å². The number of pyridine rings is 1. The first-order valence-corrected chi connectivity index (χ1v) is 14.5. The minimum atomic E-state index is -0.0655. The van der Waals surface area contributed by atoms with Gasteiger partial charge in [-0.1, -0.05) is 79.7 Å². The number of nitrogens with zero attached hydrogens (tertiary/aromatic N) is 2. The molecule has 0 saturated heterocycles. The summed E-state index contributed by atoms with van der Waals surface area (Å²) in [6.07, 6.45) is 6.20. The van der Waals surface area contributed by atoms with Gasteiger partial charge in [0.1, 0.15) is 19.0 Å². The molecule has 0 spiro atoms. The predicted molar refractivity (Wildman–Crippen MR) is 161 cm³/mol. The van der Waals surface area contributed by atoms with Gasteiger partial charge in [-0.2, -0.15) is 0 Å². The van der Waals surface area contributed by atoms with Crippen molar-refractivity contribution in [2.45, 2.75) is 65.3 Å². The predicted octanol–water partition coefficient (Wildman–Crippen LogP) is 6.58. The summed E-state index contributed by atoms with van der Waals surface area (Å²) in [5.41, 5.74) is 5.83. The zero-order chi connectivity index (χ0) is 27.7. The minimum absolute atomic E-state index is 0.0655. The summed E-state index contributed by atoms with van der Waals surface area (Å²) in [6.45, 7) is 8.02. The van der Waals surface area contributed by atoms with Crippen LogP contribution in [0.1, 0.15) is 47.7 Å². The van der Waals surface area contributed by atoms with Crippen LogP contribution in [-0.2, 0) is 32.6 Å². The van der Waals surface area contributed by atoms with Crippen LogP contribution in [-0.4, -0.2) is 28.6 Å². The second-order valence-electron chi connectivity index (χ2n) is 10.7. The average molecular weight is 537 g/mol. The first-order valence-electron chi connectivity index (χ1n) is 14.5. The van der Waals surface area contributed by atoms with Crippen molar-refractivity contribution in [3.63, 3.8) is 0 Å². The van der Waals surface area contributed by atoms with Gasteiger partial charge < -0.3 is 14.0 Å². The molecule has 0 bridgehead atoms. The van der Waals surface area contributed by atoms with Gasteiger partial charge in [-0.15, -0.1) is 0 Å². The fraction of sp³-hybridized carbons (Fsp3) is 0.343. The second kappa shape index (κ2) is 13.5. The molecular formula is C35H40N2O3. The first-order chi connectivity index (χ1) is 19.6. The van der Waals surface area contributed by atoms with E-state index in [1.54, 1.807) is 6.07 Å². The molecular weight excluding hydrogens is 496 g/mol. The molecule has 1 unspecified atom stereocenters. The van der Waals surface area contributed by atoms with Gasteiger partial charge in [-0.3, -0.25) is 9.69 Å². The maximum absolute atomic E-state index is 12.6. The molecule has 5 rings (SSSR count). The van der Waals surface area contributed by atoms with Crippen molar-refractivity contribution in [2.75, 3.05) is 13.1 Å². The van der Waals surface area contributed by atoms with E-state index in [-0.39, 0.29) is 5.43 Å². The highest BCUT2D eigenvalue weighted by Gasteiger charge is 2.26. The van der Waals surface area contributed by atoms with Crippen LogP contribution in [0, 0.1) is 6.92 Å². The lowest BCUT2D eigenvalue weighted by Crippen LogP contribution is -2.41. The summed E-state index contributed by atoms with van der Waals surface area (Å²) in [7, 11) is 0. The summed E-state index contributed by atoms with van der Waals surface area (Å²) < 4.78 is 14.4. The van der Waals surface area contributed by atoms with Crippen LogP contribution in [0.4, 0.5) is 0 Å². The van der Waals surface area contributed by atoms with E-state index in [9.17, 15) is 4.79 Å². The molecule has 1 heterocycles. The molecule has 4 aromatic rings. The molecule has 0 aliphatic heterocycles. The standard InChI is InChI=1S/C35H40N2O3/c1-3-20-37(23-22-36-21-19-33(38)35(27(36)2)40-26-29-13-8-5-9-14-29)31-17-18-32-30(24-31)15-10-16-34(32)39-25-28-11-6-4-7-12-28/h4-16,19,21,31H,3,17-18,20,22-26H2,1-2H3. The van der Waals surface area contributed by atoms with Gasteiger partial charge in [0.2, 0.25) is 5.43 Å². The van der Waals surface area contributed by atoms with Crippen molar-refractivity contribution >= 4 is 0 Å². The smallest absolute Gasteiger partial charge is 0.223 e. The Balaban J connectivity index is 1.24. The first kappa shape index (κ1) is 27.7. The highest BCUT2D eigenvalue weighted by molar-refractivity contribution is 5.42. The van der Waals surface area contributed by atoms with Crippen LogP contribution in [0.25, 0.3) is 0 Å². The Morgan fingerprint density at radius 3 is 2.25 bits per heavy atom. The second-order valence-corrected chi connectivity index (χ2v) is 10.7. The largest absolute Gasteiger partial charge is 0.489 e. The van der Waals surface area contributed by atoms with Gasteiger partial charge in [0.25, 0.3) is 0 Å². The summed E-state index contributed by atoms with van der Waals surface area (Å²) in [5.74, 6) is 1.47. The molecule has 1 aliphatic carbocycles. The average Bonchev–Trinajstić information content (AvgIpc) is 2.99. The van der Waals surface area contributed by atoms with Crippen LogP contribution in [0.5, 0.6) is 11.5 Å². The van der Waals surface area contributed by atoms with Gasteiger partial charge in [0.15, 0.2) is 5.75 Å². The van der Waals surface area contributed by atoms with Gasteiger partial charge >= 0.3 is 0 Å². The Bertz CT molecular complexity index is 1430. The molecule has 5 nitrogen and oxygen atoms in total. The van der Waals surface area contributed by atoms with E-state index in [4.69, 9.17) is 9.47 Å². The molecule has 5 heteroatoms. The monoisotopic (exact) mass is 536 g/mol. The summed E-state index contributed by atoms with van der Waals surface area (Å²) in [6, 6.07) is 29.0. The van der Waals surface area contributed by atoms with E-state index in [1.807, 2.05) is 49.5 Å². The van der Waals surface area contributed by atoms with E-state index < -0.39 is 0 Å². The zero-order valence-corrected chi connectivity index (χ0v) is 23.7. The third-order valence-corrected chi connectivity index (χ3v) is 7.92. The Morgan fingerprint density at radius 2 is 1.55 bits per heavy atom. The van der Waals surface area contributed by atoms with Crippen LogP contribution < -0.4 is 14.9 Å². The van der Waals surface area contributed by atoms with Gasteiger partial charge in [0, 0.05) is 31.4 Å². The topological polar surface area (TPSA) is 43.7 Å². The fourth-order valence-corrected chi connectivity index (χ4v) is 5.74. The van der Waals surface area contributed by atoms with E-state index >= 15 is 0 Å². The number of fused-ring (bicyclic) bond motifs is 1. The van der Waals surface area contributed by atoms with Crippen molar-refractivity contribution in [3.05, 3.63) is 129 Å². The van der Waals surface area contributed by atoms with E-state index in [0.29, 0.717) is 25.0 Å². The maximum atomic E-state index is 12.6. The normalized spacial score (nSPS) is 14.6. The molecule has 0 radical (unpaired) electrons. The quantitative estimate of drug-likeness (QED) is 0.205. The van der Waals surface area contributed by atoms with E-state index in [0.717, 1.165) is 62.3 Å². The van der Waals surface area contributed by atoms with Crippen molar-refractivity contribution in [1.82, 2.24) is 9.47 Å². The summed E-state index contributed by atoms with van der Waals surface area (Å²) in [4.78, 5) is 15.2. The maximum Gasteiger partial charge on any atom is 0.223 e. The lowest BCUT2D eigenvalue weighted by molar-refractivity contribution is 0.171. The molecule has 0 amide bonds. The van der Waals surface area contributed by atoms with E-state index in [2.05, 4.69) is 58.9 Å². The van der Waals surface area contributed by atoms with Crippen LogP contribution in [0.3, 0.4) is 0 Å². The zero-order valence-electron chi connectivity index (χ0n) is 23.7. The molecule has 208 valence electrons.